The molecule has 0 spiro atoms. The number of benzene rings is 1. The molecule has 2 rings (SSSR count). The Kier molecular flexibility index (Phi) is 8.06. The third kappa shape index (κ3) is 6.20. The van der Waals surface area contributed by atoms with Crippen molar-refractivity contribution in [1.82, 2.24) is 0 Å². The Balaban J connectivity index is 0.00000264. The first-order valence-electron chi connectivity index (χ1n) is 8.04. The lowest BCUT2D eigenvalue weighted by Gasteiger charge is -2.27. The van der Waals surface area contributed by atoms with Gasteiger partial charge in [0.2, 0.25) is 11.8 Å². The van der Waals surface area contributed by atoms with Crippen LogP contribution in [0.4, 0.5) is 11.4 Å². The van der Waals surface area contributed by atoms with E-state index in [1.165, 1.54) is 6.42 Å². The molecule has 1 aliphatic rings. The molecular formula is C17H26ClN3O2. The molecule has 2 unspecified atom stereocenters. The van der Waals surface area contributed by atoms with E-state index < -0.39 is 0 Å². The lowest BCUT2D eigenvalue weighted by molar-refractivity contribution is -0.117. The summed E-state index contributed by atoms with van der Waals surface area (Å²) in [6.45, 7) is 1.81. The van der Waals surface area contributed by atoms with E-state index in [-0.39, 0.29) is 36.2 Å². The Morgan fingerprint density at radius 1 is 1.04 bits per heavy atom. The summed E-state index contributed by atoms with van der Waals surface area (Å²) in [7, 11) is 0. The number of carbonyl (C=O) groups excluding carboxylic acids is 2. The summed E-state index contributed by atoms with van der Waals surface area (Å²) in [6.07, 6.45) is 5.32. The van der Waals surface area contributed by atoms with E-state index in [1.807, 2.05) is 0 Å². The van der Waals surface area contributed by atoms with Gasteiger partial charge >= 0.3 is 0 Å². The van der Waals surface area contributed by atoms with Gasteiger partial charge in [-0.05, 0) is 43.0 Å². The lowest BCUT2D eigenvalue weighted by atomic mass is 9.83. The molecule has 4 N–H and O–H groups in total. The topological polar surface area (TPSA) is 84.2 Å². The third-order valence-electron chi connectivity index (χ3n) is 4.19. The number of hydrogen-bond acceptors (Lipinski definition) is 3. The number of rotatable bonds is 5. The van der Waals surface area contributed by atoms with Gasteiger partial charge in [0.1, 0.15) is 0 Å². The van der Waals surface area contributed by atoms with Gasteiger partial charge in [-0.1, -0.05) is 19.8 Å². The van der Waals surface area contributed by atoms with Gasteiger partial charge in [0.05, 0.1) is 0 Å². The zero-order valence-electron chi connectivity index (χ0n) is 13.5. The van der Waals surface area contributed by atoms with Crippen LogP contribution in [-0.4, -0.2) is 17.9 Å². The number of halogens is 1. The Labute approximate surface area is 143 Å². The summed E-state index contributed by atoms with van der Waals surface area (Å²) in [5, 5.41) is 5.67. The average Bonchev–Trinajstić information content (AvgIpc) is 2.51. The van der Waals surface area contributed by atoms with Crippen LogP contribution in [0.15, 0.2) is 24.3 Å². The molecule has 6 heteroatoms. The number of amides is 2. The lowest BCUT2D eigenvalue weighted by Crippen LogP contribution is -2.35. The summed E-state index contributed by atoms with van der Waals surface area (Å²) in [5.74, 6) is 0.271. The Morgan fingerprint density at radius 2 is 1.57 bits per heavy atom. The maximum Gasteiger partial charge on any atom is 0.224 e. The van der Waals surface area contributed by atoms with Gasteiger partial charge in [-0.2, -0.15) is 0 Å². The fraction of sp³-hybridized carbons (Fsp3) is 0.529. The van der Waals surface area contributed by atoms with Crippen LogP contribution in [0.5, 0.6) is 0 Å². The molecule has 1 aromatic rings. The molecule has 23 heavy (non-hydrogen) atoms. The fourth-order valence-electron chi connectivity index (χ4n) is 2.83. The SMILES string of the molecule is CCC(=O)Nc1ccc(NC(=O)CC2CCCCC2N)cc1.Cl. The largest absolute Gasteiger partial charge is 0.327 e. The minimum Gasteiger partial charge on any atom is -0.327 e. The predicted octanol–water partition coefficient (Wildman–Crippen LogP) is 3.30. The fourth-order valence-corrected chi connectivity index (χ4v) is 2.83. The smallest absolute Gasteiger partial charge is 0.224 e. The second kappa shape index (κ2) is 9.53. The summed E-state index contributed by atoms with van der Waals surface area (Å²) < 4.78 is 0. The average molecular weight is 340 g/mol. The van der Waals surface area contributed by atoms with Crippen LogP contribution < -0.4 is 16.4 Å². The van der Waals surface area contributed by atoms with Gasteiger partial charge in [0.25, 0.3) is 0 Å². The highest BCUT2D eigenvalue weighted by atomic mass is 35.5. The summed E-state index contributed by atoms with van der Waals surface area (Å²) in [5.41, 5.74) is 7.55. The van der Waals surface area contributed by atoms with Crippen molar-refractivity contribution in [3.05, 3.63) is 24.3 Å². The van der Waals surface area contributed by atoms with Crippen LogP contribution in [0.3, 0.4) is 0 Å². The van der Waals surface area contributed by atoms with E-state index >= 15 is 0 Å². The molecule has 0 bridgehead atoms. The van der Waals surface area contributed by atoms with Gasteiger partial charge in [-0.25, -0.2) is 0 Å². The third-order valence-corrected chi connectivity index (χ3v) is 4.19. The van der Waals surface area contributed by atoms with E-state index in [4.69, 9.17) is 5.73 Å². The molecule has 1 aliphatic carbocycles. The summed E-state index contributed by atoms with van der Waals surface area (Å²) in [6, 6.07) is 7.31. The van der Waals surface area contributed by atoms with Crippen molar-refractivity contribution < 1.29 is 9.59 Å². The van der Waals surface area contributed by atoms with E-state index in [0.717, 1.165) is 30.6 Å². The van der Waals surface area contributed by atoms with Crippen molar-refractivity contribution >= 4 is 35.6 Å². The van der Waals surface area contributed by atoms with Crippen LogP contribution in [-0.2, 0) is 9.59 Å². The molecule has 2 atom stereocenters. The molecule has 1 aromatic carbocycles. The van der Waals surface area contributed by atoms with Crippen LogP contribution in [0, 0.1) is 5.92 Å². The normalized spacial score (nSPS) is 20.3. The maximum atomic E-state index is 12.1. The first kappa shape index (κ1) is 19.5. The second-order valence-corrected chi connectivity index (χ2v) is 5.94. The minimum absolute atomic E-state index is 0. The number of hydrogen-bond donors (Lipinski definition) is 3. The van der Waals surface area contributed by atoms with E-state index in [9.17, 15) is 9.59 Å². The second-order valence-electron chi connectivity index (χ2n) is 5.94. The zero-order valence-corrected chi connectivity index (χ0v) is 14.3. The van der Waals surface area contributed by atoms with Crippen molar-refractivity contribution in [3.8, 4) is 0 Å². The highest BCUT2D eigenvalue weighted by molar-refractivity contribution is 5.92. The molecule has 0 saturated heterocycles. The molecule has 1 fully saturated rings. The van der Waals surface area contributed by atoms with Gasteiger partial charge in [0.15, 0.2) is 0 Å². The van der Waals surface area contributed by atoms with Crippen molar-refractivity contribution in [1.29, 1.82) is 0 Å². The Bertz CT molecular complexity index is 519. The number of anilines is 2. The van der Waals surface area contributed by atoms with Crippen LogP contribution in [0.2, 0.25) is 0 Å². The zero-order chi connectivity index (χ0) is 15.9. The van der Waals surface area contributed by atoms with Crippen LogP contribution in [0.1, 0.15) is 45.4 Å². The highest BCUT2D eigenvalue weighted by Crippen LogP contribution is 2.26. The van der Waals surface area contributed by atoms with Gasteiger partial charge < -0.3 is 16.4 Å². The number of nitrogens with two attached hydrogens (primary N) is 1. The van der Waals surface area contributed by atoms with E-state index in [0.29, 0.717) is 12.8 Å². The highest BCUT2D eigenvalue weighted by Gasteiger charge is 2.24. The summed E-state index contributed by atoms with van der Waals surface area (Å²) in [4.78, 5) is 23.4. The maximum absolute atomic E-state index is 12.1. The Morgan fingerprint density at radius 3 is 2.09 bits per heavy atom. The molecule has 2 amide bonds. The molecule has 1 saturated carbocycles. The first-order valence-corrected chi connectivity index (χ1v) is 8.04. The van der Waals surface area contributed by atoms with E-state index in [2.05, 4.69) is 10.6 Å². The van der Waals surface area contributed by atoms with Gasteiger partial charge in [-0.3, -0.25) is 9.59 Å². The molecule has 0 aliphatic heterocycles. The molecule has 0 radical (unpaired) electrons. The van der Waals surface area contributed by atoms with Crippen molar-refractivity contribution in [2.24, 2.45) is 11.7 Å². The molecule has 0 aromatic heterocycles. The minimum atomic E-state index is -0.0249. The van der Waals surface area contributed by atoms with Crippen LogP contribution in [0.25, 0.3) is 0 Å². The van der Waals surface area contributed by atoms with Gasteiger partial charge in [0, 0.05) is 30.3 Å². The molecule has 0 heterocycles. The summed E-state index contributed by atoms with van der Waals surface area (Å²) >= 11 is 0. The Hall–Kier alpha value is -1.59. The monoisotopic (exact) mass is 339 g/mol. The first-order chi connectivity index (χ1) is 10.6. The quantitative estimate of drug-likeness (QED) is 0.769. The van der Waals surface area contributed by atoms with E-state index in [1.54, 1.807) is 31.2 Å². The van der Waals surface area contributed by atoms with Crippen molar-refractivity contribution in [3.63, 3.8) is 0 Å². The predicted molar refractivity (Wildman–Crippen MR) is 95.8 cm³/mol. The van der Waals surface area contributed by atoms with Crippen LogP contribution >= 0.6 is 12.4 Å². The van der Waals surface area contributed by atoms with Crippen molar-refractivity contribution in [2.45, 2.75) is 51.5 Å². The number of nitrogens with one attached hydrogen (secondary N) is 2. The standard InChI is InChI=1S/C17H25N3O2.ClH/c1-2-16(21)19-13-7-9-14(10-8-13)20-17(22)11-12-5-3-4-6-15(12)18;/h7-10,12,15H,2-6,11,18H2,1H3,(H,19,21)(H,20,22);1H. The molecule has 128 valence electrons. The number of carbonyl (C=O) groups is 2. The van der Waals surface area contributed by atoms with Crippen molar-refractivity contribution in [2.75, 3.05) is 10.6 Å². The van der Waals surface area contributed by atoms with Gasteiger partial charge in [-0.15, -0.1) is 12.4 Å². The molecule has 5 nitrogen and oxygen atoms in total. The molecular weight excluding hydrogens is 314 g/mol.